The third kappa shape index (κ3) is 3.90. The van der Waals surface area contributed by atoms with Gasteiger partial charge in [0.25, 0.3) is 5.91 Å². The minimum absolute atomic E-state index is 0.0505. The number of sulfonamides is 1. The van der Waals surface area contributed by atoms with Crippen LogP contribution in [0.1, 0.15) is 22.8 Å². The summed E-state index contributed by atoms with van der Waals surface area (Å²) in [5.74, 6) is -0.240. The molecule has 0 aliphatic heterocycles. The van der Waals surface area contributed by atoms with E-state index in [1.165, 1.54) is 12.1 Å². The number of aryl methyl sites for hydroxylation is 1. The Hall–Kier alpha value is -1.66. The summed E-state index contributed by atoms with van der Waals surface area (Å²) in [4.78, 5) is 13.8. The van der Waals surface area contributed by atoms with E-state index >= 15 is 0 Å². The van der Waals surface area contributed by atoms with Crippen molar-refractivity contribution in [2.45, 2.75) is 18.7 Å². The van der Waals surface area contributed by atoms with E-state index in [4.69, 9.17) is 5.14 Å². The molecule has 0 saturated heterocycles. The summed E-state index contributed by atoms with van der Waals surface area (Å²) in [6.07, 6.45) is 1.62. The normalized spacial score (nSPS) is 11.1. The molecule has 0 heterocycles. The Labute approximate surface area is 113 Å². The van der Waals surface area contributed by atoms with Crippen LogP contribution in [0.5, 0.6) is 0 Å². The van der Waals surface area contributed by atoms with Crippen molar-refractivity contribution in [1.29, 1.82) is 0 Å². The predicted octanol–water partition coefficient (Wildman–Crippen LogP) is 1.29. The summed E-state index contributed by atoms with van der Waals surface area (Å²) in [6.45, 7) is 8.08. The zero-order valence-corrected chi connectivity index (χ0v) is 11.9. The van der Waals surface area contributed by atoms with Crippen molar-refractivity contribution in [1.82, 2.24) is 4.90 Å². The number of carbonyl (C=O) groups is 1. The molecule has 0 unspecified atom stereocenters. The van der Waals surface area contributed by atoms with Gasteiger partial charge in [0.2, 0.25) is 10.0 Å². The SMILES string of the molecule is C=CCN(CC)C(=O)c1cc(C)cc(S(N)(=O)=O)c1. The molecule has 1 aromatic rings. The molecule has 0 aromatic heterocycles. The number of nitrogens with zero attached hydrogens (tertiary/aromatic N) is 1. The molecule has 0 spiro atoms. The average molecular weight is 282 g/mol. The monoisotopic (exact) mass is 282 g/mol. The first-order chi connectivity index (χ1) is 8.79. The molecule has 2 N–H and O–H groups in total. The van der Waals surface area contributed by atoms with Gasteiger partial charge >= 0.3 is 0 Å². The quantitative estimate of drug-likeness (QED) is 0.826. The molecule has 0 radical (unpaired) electrons. The highest BCUT2D eigenvalue weighted by Crippen LogP contribution is 2.15. The van der Waals surface area contributed by atoms with Crippen molar-refractivity contribution < 1.29 is 13.2 Å². The van der Waals surface area contributed by atoms with Crippen molar-refractivity contribution in [2.24, 2.45) is 5.14 Å². The molecule has 0 bridgehead atoms. The summed E-state index contributed by atoms with van der Waals surface area (Å²) in [5.41, 5.74) is 0.984. The summed E-state index contributed by atoms with van der Waals surface area (Å²) in [6, 6.07) is 4.38. The maximum absolute atomic E-state index is 12.2. The van der Waals surface area contributed by atoms with Crippen molar-refractivity contribution in [3.63, 3.8) is 0 Å². The first kappa shape index (κ1) is 15.4. The van der Waals surface area contributed by atoms with Gasteiger partial charge in [-0.3, -0.25) is 4.79 Å². The summed E-state index contributed by atoms with van der Waals surface area (Å²) >= 11 is 0. The molecule has 0 aliphatic rings. The lowest BCUT2D eigenvalue weighted by Crippen LogP contribution is -2.31. The lowest BCUT2D eigenvalue weighted by molar-refractivity contribution is 0.0782. The fraction of sp³-hybridized carbons (Fsp3) is 0.308. The Balaban J connectivity index is 3.24. The number of hydrogen-bond donors (Lipinski definition) is 1. The Morgan fingerprint density at radius 2 is 2.05 bits per heavy atom. The minimum Gasteiger partial charge on any atom is -0.335 e. The maximum atomic E-state index is 12.2. The third-order valence-corrected chi connectivity index (χ3v) is 3.54. The average Bonchev–Trinajstić information content (AvgIpc) is 2.33. The van der Waals surface area contributed by atoms with E-state index in [0.29, 0.717) is 24.2 Å². The highest BCUT2D eigenvalue weighted by Gasteiger charge is 2.17. The molecule has 5 nitrogen and oxygen atoms in total. The summed E-state index contributed by atoms with van der Waals surface area (Å²) in [7, 11) is -3.82. The molecule has 1 amide bonds. The van der Waals surface area contributed by atoms with Crippen LogP contribution in [0.15, 0.2) is 35.7 Å². The zero-order chi connectivity index (χ0) is 14.6. The smallest absolute Gasteiger partial charge is 0.254 e. The first-order valence-electron chi connectivity index (χ1n) is 5.84. The Kier molecular flexibility index (Phi) is 4.85. The molecule has 0 saturated carbocycles. The van der Waals surface area contributed by atoms with Crippen molar-refractivity contribution in [3.05, 3.63) is 42.0 Å². The van der Waals surface area contributed by atoms with Crippen molar-refractivity contribution in [3.8, 4) is 0 Å². The molecule has 0 fully saturated rings. The number of hydrogen-bond acceptors (Lipinski definition) is 3. The standard InChI is InChI=1S/C13H18N2O3S/c1-4-6-15(5-2)13(16)11-7-10(3)8-12(9-11)19(14,17)18/h4,7-9H,1,5-6H2,2-3H3,(H2,14,17,18). The number of primary sulfonamides is 1. The summed E-state index contributed by atoms with van der Waals surface area (Å²) in [5, 5.41) is 5.09. The highest BCUT2D eigenvalue weighted by atomic mass is 32.2. The van der Waals surface area contributed by atoms with Crippen LogP contribution in [-0.2, 0) is 10.0 Å². The lowest BCUT2D eigenvalue weighted by Gasteiger charge is -2.19. The maximum Gasteiger partial charge on any atom is 0.254 e. The van der Waals surface area contributed by atoms with E-state index in [9.17, 15) is 13.2 Å². The molecule has 1 aromatic carbocycles. The van der Waals surface area contributed by atoms with E-state index in [2.05, 4.69) is 6.58 Å². The Bertz CT molecular complexity index is 594. The van der Waals surface area contributed by atoms with Gasteiger partial charge in [0, 0.05) is 18.7 Å². The van der Waals surface area contributed by atoms with Gasteiger partial charge in [-0.05, 0) is 37.6 Å². The van der Waals surface area contributed by atoms with Crippen LogP contribution in [0.4, 0.5) is 0 Å². The Morgan fingerprint density at radius 3 is 2.53 bits per heavy atom. The van der Waals surface area contributed by atoms with E-state index in [1.807, 2.05) is 6.92 Å². The number of benzene rings is 1. The lowest BCUT2D eigenvalue weighted by atomic mass is 10.1. The van der Waals surface area contributed by atoms with E-state index in [1.54, 1.807) is 24.0 Å². The van der Waals surface area contributed by atoms with E-state index < -0.39 is 10.0 Å². The van der Waals surface area contributed by atoms with Crippen molar-refractivity contribution >= 4 is 15.9 Å². The van der Waals surface area contributed by atoms with Gasteiger partial charge in [-0.25, -0.2) is 13.6 Å². The second-order valence-corrected chi connectivity index (χ2v) is 5.77. The largest absolute Gasteiger partial charge is 0.335 e. The number of carbonyl (C=O) groups excluding carboxylic acids is 1. The van der Waals surface area contributed by atoms with Gasteiger partial charge in [0.15, 0.2) is 0 Å². The molecule has 0 aliphatic carbocycles. The molecule has 0 atom stereocenters. The highest BCUT2D eigenvalue weighted by molar-refractivity contribution is 7.89. The second kappa shape index (κ2) is 5.99. The van der Waals surface area contributed by atoms with Crippen LogP contribution in [0.25, 0.3) is 0 Å². The predicted molar refractivity (Wildman–Crippen MR) is 74.3 cm³/mol. The minimum atomic E-state index is -3.82. The molecular formula is C13H18N2O3S. The molecule has 1 rings (SSSR count). The van der Waals surface area contributed by atoms with Crippen LogP contribution in [0.3, 0.4) is 0 Å². The van der Waals surface area contributed by atoms with Crippen LogP contribution < -0.4 is 5.14 Å². The second-order valence-electron chi connectivity index (χ2n) is 4.21. The van der Waals surface area contributed by atoms with Crippen LogP contribution in [0.2, 0.25) is 0 Å². The van der Waals surface area contributed by atoms with Crippen LogP contribution in [-0.4, -0.2) is 32.3 Å². The molecule has 104 valence electrons. The fourth-order valence-electron chi connectivity index (χ4n) is 1.73. The third-order valence-electron chi connectivity index (χ3n) is 2.64. The number of rotatable bonds is 5. The Morgan fingerprint density at radius 1 is 1.42 bits per heavy atom. The van der Waals surface area contributed by atoms with E-state index in [-0.39, 0.29) is 10.8 Å². The molecule has 19 heavy (non-hydrogen) atoms. The number of nitrogens with two attached hydrogens (primary N) is 1. The van der Waals surface area contributed by atoms with Crippen LogP contribution in [0, 0.1) is 6.92 Å². The summed E-state index contributed by atoms with van der Waals surface area (Å²) < 4.78 is 22.7. The first-order valence-corrected chi connectivity index (χ1v) is 7.39. The van der Waals surface area contributed by atoms with Crippen molar-refractivity contribution in [2.75, 3.05) is 13.1 Å². The van der Waals surface area contributed by atoms with Gasteiger partial charge in [-0.2, -0.15) is 0 Å². The molecule has 6 heteroatoms. The van der Waals surface area contributed by atoms with Gasteiger partial charge in [0.1, 0.15) is 0 Å². The van der Waals surface area contributed by atoms with Gasteiger partial charge < -0.3 is 4.90 Å². The van der Waals surface area contributed by atoms with Crippen LogP contribution >= 0.6 is 0 Å². The topological polar surface area (TPSA) is 80.5 Å². The van der Waals surface area contributed by atoms with Gasteiger partial charge in [0.05, 0.1) is 4.90 Å². The fourth-order valence-corrected chi connectivity index (χ4v) is 2.37. The number of amides is 1. The van der Waals surface area contributed by atoms with Gasteiger partial charge in [-0.1, -0.05) is 6.08 Å². The molecular weight excluding hydrogens is 264 g/mol. The zero-order valence-electron chi connectivity index (χ0n) is 11.1. The van der Waals surface area contributed by atoms with E-state index in [0.717, 1.165) is 0 Å². The van der Waals surface area contributed by atoms with Gasteiger partial charge in [-0.15, -0.1) is 6.58 Å². The number of likely N-dealkylation sites (N-methyl/N-ethyl adjacent to an activating group) is 1.